The summed E-state index contributed by atoms with van der Waals surface area (Å²) in [5.41, 5.74) is 8.27. The monoisotopic (exact) mass is 289 g/mol. The highest BCUT2D eigenvalue weighted by Crippen LogP contribution is 2.25. The highest BCUT2D eigenvalue weighted by molar-refractivity contribution is 7.99. The number of H-pyrrole nitrogens is 1. The fraction of sp³-hybridized carbons (Fsp3) is 0.154. The molecule has 0 bridgehead atoms. The summed E-state index contributed by atoms with van der Waals surface area (Å²) in [5, 5.41) is 0.791. The number of rotatable bonds is 4. The van der Waals surface area contributed by atoms with Crippen molar-refractivity contribution in [2.75, 3.05) is 5.75 Å². The van der Waals surface area contributed by atoms with Gasteiger partial charge in [-0.05, 0) is 17.7 Å². The van der Waals surface area contributed by atoms with Crippen molar-refractivity contribution >= 4 is 22.9 Å². The van der Waals surface area contributed by atoms with Crippen LogP contribution in [0.2, 0.25) is 0 Å². The lowest BCUT2D eigenvalue weighted by atomic mass is 10.1. The van der Waals surface area contributed by atoms with E-state index >= 15 is 0 Å². The minimum atomic E-state index is -0.277. The first kappa shape index (κ1) is 13.0. The molecule has 1 atom stereocenters. The molecule has 7 heteroatoms. The second-order valence-corrected chi connectivity index (χ2v) is 5.26. The Labute approximate surface area is 118 Å². The molecular formula is C13H12FN5S. The van der Waals surface area contributed by atoms with Crippen LogP contribution in [0.5, 0.6) is 0 Å². The summed E-state index contributed by atoms with van der Waals surface area (Å²) in [7, 11) is 0. The van der Waals surface area contributed by atoms with Crippen LogP contribution in [-0.4, -0.2) is 25.7 Å². The minimum absolute atomic E-state index is 0.261. The van der Waals surface area contributed by atoms with E-state index < -0.39 is 0 Å². The largest absolute Gasteiger partial charge is 0.341 e. The predicted octanol–water partition coefficient (Wildman–Crippen LogP) is 2.28. The number of halogens is 1. The Balaban J connectivity index is 1.74. The highest BCUT2D eigenvalue weighted by Gasteiger charge is 2.11. The molecule has 20 heavy (non-hydrogen) atoms. The predicted molar refractivity (Wildman–Crippen MR) is 75.7 cm³/mol. The zero-order valence-corrected chi connectivity index (χ0v) is 11.3. The second-order valence-electron chi connectivity index (χ2n) is 4.25. The van der Waals surface area contributed by atoms with Crippen LogP contribution in [-0.2, 0) is 0 Å². The van der Waals surface area contributed by atoms with E-state index in [-0.39, 0.29) is 11.9 Å². The van der Waals surface area contributed by atoms with Gasteiger partial charge < -0.3 is 10.7 Å². The van der Waals surface area contributed by atoms with Gasteiger partial charge >= 0.3 is 0 Å². The molecule has 1 aromatic carbocycles. The normalized spacial score (nSPS) is 12.7. The maximum Gasteiger partial charge on any atom is 0.181 e. The van der Waals surface area contributed by atoms with Gasteiger partial charge in [0.15, 0.2) is 5.65 Å². The van der Waals surface area contributed by atoms with Gasteiger partial charge in [0.25, 0.3) is 0 Å². The van der Waals surface area contributed by atoms with Gasteiger partial charge in [-0.3, -0.25) is 0 Å². The smallest absolute Gasteiger partial charge is 0.181 e. The molecule has 3 N–H and O–H groups in total. The molecule has 0 fully saturated rings. The van der Waals surface area contributed by atoms with E-state index in [4.69, 9.17) is 5.73 Å². The molecule has 2 heterocycles. The second kappa shape index (κ2) is 5.56. The molecule has 0 aliphatic carbocycles. The molecular weight excluding hydrogens is 277 g/mol. The number of nitrogens with two attached hydrogens (primary N) is 1. The van der Waals surface area contributed by atoms with E-state index in [1.807, 2.05) is 6.07 Å². The van der Waals surface area contributed by atoms with E-state index in [9.17, 15) is 4.39 Å². The Kier molecular flexibility index (Phi) is 3.62. The van der Waals surface area contributed by atoms with E-state index in [1.54, 1.807) is 12.4 Å². The fourth-order valence-electron chi connectivity index (χ4n) is 1.85. The standard InChI is InChI=1S/C13H12FN5S/c14-9-3-1-2-8(4-9)10(15)5-20-13-11-12(17-6-16-11)18-7-19-13/h1-4,6-7,10H,5,15H2,(H,16,17,18,19). The van der Waals surface area contributed by atoms with Crippen LogP contribution in [0.25, 0.3) is 11.2 Å². The van der Waals surface area contributed by atoms with Crippen molar-refractivity contribution in [1.29, 1.82) is 0 Å². The molecule has 2 aromatic heterocycles. The lowest BCUT2D eigenvalue weighted by Gasteiger charge is -2.11. The third kappa shape index (κ3) is 2.63. The van der Waals surface area contributed by atoms with Crippen LogP contribution in [0.3, 0.4) is 0 Å². The molecule has 102 valence electrons. The van der Waals surface area contributed by atoms with Gasteiger partial charge in [-0.2, -0.15) is 0 Å². The van der Waals surface area contributed by atoms with Crippen molar-refractivity contribution in [3.63, 3.8) is 0 Å². The molecule has 0 radical (unpaired) electrons. The molecule has 3 rings (SSSR count). The molecule has 0 aliphatic heterocycles. The van der Waals surface area contributed by atoms with Gasteiger partial charge in [0.2, 0.25) is 0 Å². The summed E-state index contributed by atoms with van der Waals surface area (Å²) in [6.07, 6.45) is 3.05. The Bertz CT molecular complexity index is 729. The number of benzene rings is 1. The molecule has 1 unspecified atom stereocenters. The summed E-state index contributed by atoms with van der Waals surface area (Å²) in [6.45, 7) is 0. The van der Waals surface area contributed by atoms with Crippen molar-refractivity contribution in [3.05, 3.63) is 48.3 Å². The summed E-state index contributed by atoms with van der Waals surface area (Å²) in [4.78, 5) is 15.3. The minimum Gasteiger partial charge on any atom is -0.341 e. The lowest BCUT2D eigenvalue weighted by Crippen LogP contribution is -2.13. The number of fused-ring (bicyclic) bond motifs is 1. The van der Waals surface area contributed by atoms with Crippen molar-refractivity contribution in [3.8, 4) is 0 Å². The average Bonchev–Trinajstić information content (AvgIpc) is 2.93. The third-order valence-corrected chi connectivity index (χ3v) is 3.97. The van der Waals surface area contributed by atoms with E-state index in [0.29, 0.717) is 11.4 Å². The van der Waals surface area contributed by atoms with Gasteiger partial charge in [-0.1, -0.05) is 12.1 Å². The molecule has 0 amide bonds. The van der Waals surface area contributed by atoms with Crippen molar-refractivity contribution in [1.82, 2.24) is 19.9 Å². The van der Waals surface area contributed by atoms with Crippen LogP contribution in [0.15, 0.2) is 41.9 Å². The number of nitrogens with one attached hydrogen (secondary N) is 1. The maximum atomic E-state index is 13.2. The van der Waals surface area contributed by atoms with Crippen LogP contribution in [0.4, 0.5) is 4.39 Å². The molecule has 5 nitrogen and oxygen atoms in total. The van der Waals surface area contributed by atoms with Crippen LogP contribution >= 0.6 is 11.8 Å². The first-order valence-corrected chi connectivity index (χ1v) is 7.00. The number of hydrogen-bond acceptors (Lipinski definition) is 5. The Morgan fingerprint density at radius 2 is 2.20 bits per heavy atom. The quantitative estimate of drug-likeness (QED) is 0.569. The van der Waals surface area contributed by atoms with E-state index in [2.05, 4.69) is 19.9 Å². The zero-order valence-electron chi connectivity index (χ0n) is 10.5. The van der Waals surface area contributed by atoms with Crippen molar-refractivity contribution < 1.29 is 4.39 Å². The molecule has 0 aliphatic rings. The van der Waals surface area contributed by atoms with E-state index in [1.165, 1.54) is 30.2 Å². The van der Waals surface area contributed by atoms with Crippen LogP contribution in [0.1, 0.15) is 11.6 Å². The third-order valence-electron chi connectivity index (χ3n) is 2.86. The number of thioether (sulfide) groups is 1. The molecule has 0 saturated heterocycles. The fourth-order valence-corrected chi connectivity index (χ4v) is 2.80. The summed E-state index contributed by atoms with van der Waals surface area (Å²) >= 11 is 1.49. The van der Waals surface area contributed by atoms with Gasteiger partial charge in [0.05, 0.1) is 6.33 Å². The molecule has 3 aromatic rings. The average molecular weight is 289 g/mol. The van der Waals surface area contributed by atoms with Crippen LogP contribution < -0.4 is 5.73 Å². The highest BCUT2D eigenvalue weighted by atomic mass is 32.2. The van der Waals surface area contributed by atoms with E-state index in [0.717, 1.165) is 16.1 Å². The Morgan fingerprint density at radius 1 is 1.30 bits per heavy atom. The van der Waals surface area contributed by atoms with Crippen LogP contribution in [0, 0.1) is 5.82 Å². The first-order valence-electron chi connectivity index (χ1n) is 6.02. The van der Waals surface area contributed by atoms with Gasteiger partial charge in [0, 0.05) is 11.8 Å². The van der Waals surface area contributed by atoms with Gasteiger partial charge in [-0.25, -0.2) is 19.3 Å². The van der Waals surface area contributed by atoms with Gasteiger partial charge in [-0.15, -0.1) is 11.8 Å². The number of nitrogens with zero attached hydrogens (tertiary/aromatic N) is 3. The van der Waals surface area contributed by atoms with Crippen molar-refractivity contribution in [2.45, 2.75) is 11.1 Å². The van der Waals surface area contributed by atoms with Gasteiger partial charge in [0.1, 0.15) is 22.7 Å². The summed E-state index contributed by atoms with van der Waals surface area (Å²) in [5.74, 6) is 0.315. The number of aromatic amines is 1. The first-order chi connectivity index (χ1) is 9.74. The SMILES string of the molecule is NC(CSc1ncnc2nc[nH]c12)c1cccc(F)c1. The Morgan fingerprint density at radius 3 is 3.05 bits per heavy atom. The molecule has 0 spiro atoms. The number of aromatic nitrogens is 4. The van der Waals surface area contributed by atoms with Crippen molar-refractivity contribution in [2.24, 2.45) is 5.73 Å². The number of imidazole rings is 1. The molecule has 0 saturated carbocycles. The Hall–Kier alpha value is -1.99. The summed E-state index contributed by atoms with van der Waals surface area (Å²) in [6, 6.07) is 6.08. The lowest BCUT2D eigenvalue weighted by molar-refractivity contribution is 0.622. The zero-order chi connectivity index (χ0) is 13.9. The topological polar surface area (TPSA) is 80.5 Å². The maximum absolute atomic E-state index is 13.2. The summed E-state index contributed by atoms with van der Waals surface area (Å²) < 4.78 is 13.2. The number of hydrogen-bond donors (Lipinski definition) is 2.